The van der Waals surface area contributed by atoms with Crippen molar-refractivity contribution in [2.45, 2.75) is 31.4 Å². The summed E-state index contributed by atoms with van der Waals surface area (Å²) in [5.74, 6) is 0.247. The number of carbonyl (C=O) groups is 1. The molecule has 2 aliphatic rings. The summed E-state index contributed by atoms with van der Waals surface area (Å²) in [4.78, 5) is 15.4. The van der Waals surface area contributed by atoms with Crippen LogP contribution in [0.5, 0.6) is 0 Å². The molecule has 26 heavy (non-hydrogen) atoms. The van der Waals surface area contributed by atoms with Crippen LogP contribution in [0.4, 0.5) is 0 Å². The minimum Gasteiger partial charge on any atom is -0.442 e. The van der Waals surface area contributed by atoms with Gasteiger partial charge in [-0.25, -0.2) is 4.79 Å². The molecule has 4 nitrogen and oxygen atoms in total. The molecule has 3 atom stereocenters. The standard InChI is InChI=1S/C21H23N2O2S/c1-15-8-10-23-14-21(18(23)12-15,17-6-4-3-5-7-17)25-20(24)19(22-2)16-9-11-26-13-16/h3-7,9,11,13,15,18H,2,8,10,12,14H2,1H3/q+1/t15-,18+,21-/m0/s1. The molecule has 0 radical (unpaired) electrons. The number of nitrogens with zero attached hydrogens (tertiary/aromatic N) is 2. The zero-order chi connectivity index (χ0) is 18.1. The summed E-state index contributed by atoms with van der Waals surface area (Å²) in [5.41, 5.74) is 1.53. The van der Waals surface area contributed by atoms with Gasteiger partial charge in [-0.1, -0.05) is 41.9 Å². The zero-order valence-corrected chi connectivity index (χ0v) is 15.7. The Bertz CT molecular complexity index is 842. The van der Waals surface area contributed by atoms with Crippen molar-refractivity contribution in [3.63, 3.8) is 0 Å². The second-order valence-corrected chi connectivity index (χ2v) is 8.06. The maximum Gasteiger partial charge on any atom is 0.424 e. The van der Waals surface area contributed by atoms with Gasteiger partial charge in [-0.05, 0) is 42.3 Å². The topological polar surface area (TPSA) is 43.6 Å². The lowest BCUT2D eigenvalue weighted by Crippen LogP contribution is -2.71. The van der Waals surface area contributed by atoms with Crippen LogP contribution in [0, 0.1) is 5.92 Å². The fourth-order valence-electron chi connectivity index (χ4n) is 4.21. The molecule has 0 saturated carbocycles. The van der Waals surface area contributed by atoms with Crippen LogP contribution < -0.4 is 4.67 Å². The number of hydrogen-bond donors (Lipinski definition) is 0. The first-order valence-electron chi connectivity index (χ1n) is 9.03. The van der Waals surface area contributed by atoms with Crippen LogP contribution in [0.15, 0.2) is 47.2 Å². The van der Waals surface area contributed by atoms with Crippen molar-refractivity contribution in [1.29, 1.82) is 0 Å². The SMILES string of the molecule is C=[N+]=C(C(=O)O[C@]1(c2ccccc2)CN2CC[C@H](C)C[C@@H]21)c1ccsc1. The molecule has 2 aliphatic heterocycles. The first-order valence-corrected chi connectivity index (χ1v) is 9.97. The first-order chi connectivity index (χ1) is 12.6. The number of carbonyl (C=O) groups excluding carboxylic acids is 1. The summed E-state index contributed by atoms with van der Waals surface area (Å²) in [6.45, 7) is 7.68. The first kappa shape index (κ1) is 17.2. The average molecular weight is 367 g/mol. The van der Waals surface area contributed by atoms with E-state index in [-0.39, 0.29) is 12.0 Å². The molecular formula is C21H23N2O2S+. The zero-order valence-electron chi connectivity index (χ0n) is 14.9. The lowest BCUT2D eigenvalue weighted by Gasteiger charge is -2.59. The molecule has 0 aliphatic carbocycles. The molecule has 134 valence electrons. The van der Waals surface area contributed by atoms with Crippen molar-refractivity contribution in [2.24, 2.45) is 5.92 Å². The van der Waals surface area contributed by atoms with Crippen LogP contribution in [0.3, 0.4) is 0 Å². The molecule has 0 amide bonds. The third kappa shape index (κ3) is 2.82. The highest BCUT2D eigenvalue weighted by Gasteiger charge is 2.58. The lowest BCUT2D eigenvalue weighted by atomic mass is 9.71. The van der Waals surface area contributed by atoms with Gasteiger partial charge >= 0.3 is 11.7 Å². The number of benzene rings is 1. The summed E-state index contributed by atoms with van der Waals surface area (Å²) >= 11 is 1.53. The Labute approximate surface area is 157 Å². The highest BCUT2D eigenvalue weighted by Crippen LogP contribution is 2.47. The van der Waals surface area contributed by atoms with Crippen molar-refractivity contribution in [3.8, 4) is 0 Å². The van der Waals surface area contributed by atoms with E-state index in [1.54, 1.807) is 0 Å². The molecule has 1 aromatic heterocycles. The normalized spacial score (nSPS) is 27.7. The van der Waals surface area contributed by atoms with Crippen molar-refractivity contribution in [2.75, 3.05) is 13.1 Å². The maximum absolute atomic E-state index is 13.0. The molecule has 5 heteroatoms. The average Bonchev–Trinajstić information content (AvgIpc) is 3.17. The quantitative estimate of drug-likeness (QED) is 0.474. The van der Waals surface area contributed by atoms with E-state index in [0.29, 0.717) is 11.6 Å². The van der Waals surface area contributed by atoms with Gasteiger partial charge in [-0.15, -0.1) is 0 Å². The molecular weight excluding hydrogens is 344 g/mol. The van der Waals surface area contributed by atoms with Gasteiger partial charge < -0.3 is 4.74 Å². The summed E-state index contributed by atoms with van der Waals surface area (Å²) in [6, 6.07) is 12.2. The summed E-state index contributed by atoms with van der Waals surface area (Å²) < 4.78 is 10.2. The smallest absolute Gasteiger partial charge is 0.424 e. The predicted octanol–water partition coefficient (Wildman–Crippen LogP) is 2.86. The Hall–Kier alpha value is -2.20. The predicted molar refractivity (Wildman–Crippen MR) is 106 cm³/mol. The van der Waals surface area contributed by atoms with E-state index in [1.807, 2.05) is 35.0 Å². The Kier molecular flexibility index (Phi) is 4.53. The van der Waals surface area contributed by atoms with Crippen LogP contribution >= 0.6 is 11.3 Å². The number of esters is 1. The minimum absolute atomic E-state index is 0.228. The van der Waals surface area contributed by atoms with E-state index < -0.39 is 5.60 Å². The van der Waals surface area contributed by atoms with Crippen molar-refractivity contribution in [3.05, 3.63) is 58.3 Å². The molecule has 2 fully saturated rings. The van der Waals surface area contributed by atoms with Gasteiger partial charge in [-0.2, -0.15) is 11.3 Å². The molecule has 0 N–H and O–H groups in total. The molecule has 0 unspecified atom stereocenters. The molecule has 1 aromatic carbocycles. The van der Waals surface area contributed by atoms with Crippen molar-refractivity contribution >= 4 is 29.7 Å². The monoisotopic (exact) mass is 367 g/mol. The maximum atomic E-state index is 13.0. The van der Waals surface area contributed by atoms with E-state index in [0.717, 1.165) is 30.6 Å². The van der Waals surface area contributed by atoms with Crippen LogP contribution in [-0.4, -0.2) is 42.4 Å². The summed E-state index contributed by atoms with van der Waals surface area (Å²) in [5, 5.41) is 3.82. The molecule has 2 saturated heterocycles. The van der Waals surface area contributed by atoms with Crippen LogP contribution in [-0.2, 0) is 15.1 Å². The highest BCUT2D eigenvalue weighted by atomic mass is 32.1. The Morgan fingerprint density at radius 2 is 2.15 bits per heavy atom. The largest absolute Gasteiger partial charge is 0.442 e. The summed E-state index contributed by atoms with van der Waals surface area (Å²) in [7, 11) is 0. The Morgan fingerprint density at radius 1 is 1.35 bits per heavy atom. The van der Waals surface area contributed by atoms with E-state index >= 15 is 0 Å². The van der Waals surface area contributed by atoms with E-state index in [2.05, 4.69) is 35.3 Å². The third-order valence-corrected chi connectivity index (χ3v) is 6.32. The highest BCUT2D eigenvalue weighted by molar-refractivity contribution is 7.08. The number of hydrogen-bond acceptors (Lipinski definition) is 4. The van der Waals surface area contributed by atoms with Crippen molar-refractivity contribution in [1.82, 2.24) is 9.57 Å². The fraction of sp³-hybridized carbons (Fsp3) is 0.381. The van der Waals surface area contributed by atoms with Gasteiger partial charge in [0.15, 0.2) is 5.60 Å². The van der Waals surface area contributed by atoms with Crippen LogP contribution in [0.1, 0.15) is 30.9 Å². The third-order valence-electron chi connectivity index (χ3n) is 5.64. The second-order valence-electron chi connectivity index (χ2n) is 7.28. The molecule has 4 rings (SSSR count). The van der Waals surface area contributed by atoms with Crippen LogP contribution in [0.25, 0.3) is 0 Å². The van der Waals surface area contributed by atoms with Gasteiger partial charge in [-0.3, -0.25) is 4.90 Å². The van der Waals surface area contributed by atoms with Gasteiger partial charge in [0, 0.05) is 11.9 Å². The fourth-order valence-corrected chi connectivity index (χ4v) is 4.85. The van der Waals surface area contributed by atoms with Crippen LogP contribution in [0.2, 0.25) is 0 Å². The summed E-state index contributed by atoms with van der Waals surface area (Å²) in [6.07, 6.45) is 2.24. The van der Waals surface area contributed by atoms with E-state index in [9.17, 15) is 4.79 Å². The van der Waals surface area contributed by atoms with E-state index in [1.165, 1.54) is 17.8 Å². The molecule has 0 spiro atoms. The molecule has 2 aromatic rings. The lowest BCUT2D eigenvalue weighted by molar-refractivity contribution is -0.208. The minimum atomic E-state index is -0.598. The molecule has 0 bridgehead atoms. The number of fused-ring (bicyclic) bond motifs is 1. The van der Waals surface area contributed by atoms with Gasteiger partial charge in [0.05, 0.1) is 11.6 Å². The van der Waals surface area contributed by atoms with Crippen molar-refractivity contribution < 1.29 is 9.53 Å². The van der Waals surface area contributed by atoms with Gasteiger partial charge in [0.1, 0.15) is 0 Å². The van der Waals surface area contributed by atoms with Gasteiger partial charge in [0.25, 0.3) is 6.72 Å². The van der Waals surface area contributed by atoms with Gasteiger partial charge in [0.2, 0.25) is 0 Å². The van der Waals surface area contributed by atoms with E-state index in [4.69, 9.17) is 4.74 Å². The number of thiophene rings is 1. The molecule has 3 heterocycles. The Balaban J connectivity index is 1.67. The number of piperidine rings is 1. The second kappa shape index (κ2) is 6.84. The number of ether oxygens (including phenoxy) is 1. The Morgan fingerprint density at radius 3 is 2.85 bits per heavy atom. The number of rotatable bonds is 4.